The molecule has 3 rings (SSSR count). The highest BCUT2D eigenvalue weighted by molar-refractivity contribution is 7.95. The molecule has 2 aromatic carbocycles. The van der Waals surface area contributed by atoms with Crippen LogP contribution in [0.2, 0.25) is 0 Å². The molecule has 1 aliphatic heterocycles. The number of benzene rings is 2. The molecule has 0 aromatic heterocycles. The number of para-hydroxylation sites is 1. The SMILES string of the molecule is Cc1ccccc1N(C1C=CS(=O)(=O)C1)S(=O)(=O)c1ccccc1. The van der Waals surface area contributed by atoms with Gasteiger partial charge in [0.05, 0.1) is 22.4 Å². The van der Waals surface area contributed by atoms with Crippen LogP contribution in [0.25, 0.3) is 0 Å². The van der Waals surface area contributed by atoms with Crippen LogP contribution in [0.4, 0.5) is 5.69 Å². The third-order valence-corrected chi connectivity index (χ3v) is 7.10. The van der Waals surface area contributed by atoms with E-state index in [9.17, 15) is 16.8 Å². The second-order valence-electron chi connectivity index (χ2n) is 5.63. The van der Waals surface area contributed by atoms with Crippen molar-refractivity contribution in [3.63, 3.8) is 0 Å². The van der Waals surface area contributed by atoms with Crippen molar-refractivity contribution in [3.8, 4) is 0 Å². The molecule has 0 aliphatic carbocycles. The molecule has 1 unspecified atom stereocenters. The predicted molar refractivity (Wildman–Crippen MR) is 94.0 cm³/mol. The predicted octanol–water partition coefficient (Wildman–Crippen LogP) is 2.50. The Morgan fingerprint density at radius 1 is 1.00 bits per heavy atom. The van der Waals surface area contributed by atoms with Crippen molar-refractivity contribution >= 4 is 25.5 Å². The standard InChI is InChI=1S/C17H17NO4S2/c1-14-7-5-6-10-17(14)18(15-11-12-23(19,20)13-15)24(21,22)16-8-3-2-4-9-16/h2-12,15H,13H2,1H3. The molecule has 2 aromatic rings. The molecule has 0 fully saturated rings. The number of nitrogens with zero attached hydrogens (tertiary/aromatic N) is 1. The fraction of sp³-hybridized carbons (Fsp3) is 0.176. The maximum absolute atomic E-state index is 13.2. The third-order valence-electron chi connectivity index (χ3n) is 3.87. The van der Waals surface area contributed by atoms with E-state index in [1.807, 2.05) is 6.07 Å². The second kappa shape index (κ2) is 6.07. The molecule has 0 spiro atoms. The summed E-state index contributed by atoms with van der Waals surface area (Å²) in [5.41, 5.74) is 1.24. The van der Waals surface area contributed by atoms with Crippen LogP contribution in [-0.4, -0.2) is 28.6 Å². The highest BCUT2D eigenvalue weighted by Crippen LogP contribution is 2.31. The third kappa shape index (κ3) is 3.09. The van der Waals surface area contributed by atoms with Crippen molar-refractivity contribution in [2.45, 2.75) is 17.9 Å². The topological polar surface area (TPSA) is 71.5 Å². The molecule has 7 heteroatoms. The first-order chi connectivity index (χ1) is 11.3. The van der Waals surface area contributed by atoms with E-state index in [0.717, 1.165) is 11.0 Å². The van der Waals surface area contributed by atoms with Gasteiger partial charge in [-0.3, -0.25) is 4.31 Å². The average Bonchev–Trinajstić information content (AvgIpc) is 2.90. The Kier molecular flexibility index (Phi) is 4.23. The van der Waals surface area contributed by atoms with Crippen molar-refractivity contribution in [2.75, 3.05) is 10.1 Å². The van der Waals surface area contributed by atoms with Gasteiger partial charge in [-0.1, -0.05) is 36.4 Å². The molecule has 0 saturated carbocycles. The summed E-state index contributed by atoms with van der Waals surface area (Å²) in [5.74, 6) is -0.257. The molecule has 1 aliphatic rings. The number of hydrogen-bond donors (Lipinski definition) is 0. The molecule has 1 atom stereocenters. The van der Waals surface area contributed by atoms with E-state index in [-0.39, 0.29) is 10.6 Å². The lowest BCUT2D eigenvalue weighted by Crippen LogP contribution is -2.41. The maximum Gasteiger partial charge on any atom is 0.264 e. The zero-order valence-corrected chi connectivity index (χ0v) is 14.7. The molecule has 0 bridgehead atoms. The average molecular weight is 363 g/mol. The van der Waals surface area contributed by atoms with E-state index in [1.165, 1.54) is 22.5 Å². The van der Waals surface area contributed by atoms with Gasteiger partial charge < -0.3 is 0 Å². The summed E-state index contributed by atoms with van der Waals surface area (Å²) in [6.45, 7) is 1.80. The van der Waals surface area contributed by atoms with Crippen LogP contribution in [0.3, 0.4) is 0 Å². The van der Waals surface area contributed by atoms with E-state index >= 15 is 0 Å². The first-order valence-electron chi connectivity index (χ1n) is 7.37. The van der Waals surface area contributed by atoms with Gasteiger partial charge in [0.2, 0.25) is 0 Å². The van der Waals surface area contributed by atoms with Crippen molar-refractivity contribution in [1.29, 1.82) is 0 Å². The molecule has 0 radical (unpaired) electrons. The minimum absolute atomic E-state index is 0.131. The molecule has 0 amide bonds. The van der Waals surface area contributed by atoms with Gasteiger partial charge in [-0.25, -0.2) is 16.8 Å². The smallest absolute Gasteiger partial charge is 0.258 e. The summed E-state index contributed by atoms with van der Waals surface area (Å²) < 4.78 is 51.2. The van der Waals surface area contributed by atoms with Gasteiger partial charge in [-0.05, 0) is 36.8 Å². The van der Waals surface area contributed by atoms with Gasteiger partial charge in [-0.2, -0.15) is 0 Å². The fourth-order valence-electron chi connectivity index (χ4n) is 2.71. The van der Waals surface area contributed by atoms with E-state index in [4.69, 9.17) is 0 Å². The van der Waals surface area contributed by atoms with Crippen LogP contribution in [-0.2, 0) is 19.9 Å². The van der Waals surface area contributed by atoms with Gasteiger partial charge in [0, 0.05) is 5.41 Å². The lowest BCUT2D eigenvalue weighted by molar-refractivity contribution is 0.586. The van der Waals surface area contributed by atoms with E-state index in [1.54, 1.807) is 43.3 Å². The molecule has 1 heterocycles. The quantitative estimate of drug-likeness (QED) is 0.837. The Hall–Kier alpha value is -2.12. The highest BCUT2D eigenvalue weighted by Gasteiger charge is 2.36. The normalized spacial score (nSPS) is 19.3. The monoisotopic (exact) mass is 363 g/mol. The van der Waals surface area contributed by atoms with Crippen LogP contribution in [0.5, 0.6) is 0 Å². The number of sulfone groups is 1. The lowest BCUT2D eigenvalue weighted by atomic mass is 10.2. The van der Waals surface area contributed by atoms with Crippen molar-refractivity contribution < 1.29 is 16.8 Å². The van der Waals surface area contributed by atoms with Crippen molar-refractivity contribution in [3.05, 3.63) is 71.6 Å². The van der Waals surface area contributed by atoms with Gasteiger partial charge >= 0.3 is 0 Å². The first-order valence-corrected chi connectivity index (χ1v) is 10.5. The van der Waals surface area contributed by atoms with Crippen LogP contribution in [0.15, 0.2) is 71.0 Å². The molecule has 0 saturated heterocycles. The van der Waals surface area contributed by atoms with Crippen LogP contribution >= 0.6 is 0 Å². The molecule has 126 valence electrons. The van der Waals surface area contributed by atoms with Gasteiger partial charge in [-0.15, -0.1) is 0 Å². The Morgan fingerprint density at radius 2 is 1.62 bits per heavy atom. The van der Waals surface area contributed by atoms with Crippen molar-refractivity contribution in [1.82, 2.24) is 0 Å². The number of anilines is 1. The summed E-state index contributed by atoms with van der Waals surface area (Å²) in [5, 5.41) is 1.09. The number of sulfonamides is 1. The zero-order chi connectivity index (χ0) is 17.4. The Bertz CT molecular complexity index is 980. The molecule has 24 heavy (non-hydrogen) atoms. The van der Waals surface area contributed by atoms with Crippen molar-refractivity contribution in [2.24, 2.45) is 0 Å². The zero-order valence-electron chi connectivity index (χ0n) is 13.0. The summed E-state index contributed by atoms with van der Waals surface area (Å²) in [7, 11) is -7.28. The fourth-order valence-corrected chi connectivity index (χ4v) is 5.76. The number of rotatable bonds is 4. The first kappa shape index (κ1) is 16.7. The molecule has 5 nitrogen and oxygen atoms in total. The van der Waals surface area contributed by atoms with Gasteiger partial charge in [0.25, 0.3) is 10.0 Å². The summed E-state index contributed by atoms with van der Waals surface area (Å²) in [6, 6.07) is 14.3. The molecular formula is C17H17NO4S2. The van der Waals surface area contributed by atoms with Gasteiger partial charge in [0.1, 0.15) is 0 Å². The lowest BCUT2D eigenvalue weighted by Gasteiger charge is -2.30. The Balaban J connectivity index is 2.17. The molecule has 0 N–H and O–H groups in total. The number of aryl methyl sites for hydroxylation is 1. The van der Waals surface area contributed by atoms with E-state index < -0.39 is 25.9 Å². The minimum Gasteiger partial charge on any atom is -0.258 e. The number of hydrogen-bond acceptors (Lipinski definition) is 4. The summed E-state index contributed by atoms with van der Waals surface area (Å²) in [4.78, 5) is 0.131. The molecular weight excluding hydrogens is 346 g/mol. The van der Waals surface area contributed by atoms with Crippen LogP contribution in [0, 0.1) is 6.92 Å². The van der Waals surface area contributed by atoms with Crippen LogP contribution in [0.1, 0.15) is 5.56 Å². The second-order valence-corrected chi connectivity index (χ2v) is 9.37. The minimum atomic E-state index is -3.89. The maximum atomic E-state index is 13.2. The summed E-state index contributed by atoms with van der Waals surface area (Å²) >= 11 is 0. The van der Waals surface area contributed by atoms with E-state index in [2.05, 4.69) is 0 Å². The van der Waals surface area contributed by atoms with E-state index in [0.29, 0.717) is 5.69 Å². The highest BCUT2D eigenvalue weighted by atomic mass is 32.2. The van der Waals surface area contributed by atoms with Crippen LogP contribution < -0.4 is 4.31 Å². The Morgan fingerprint density at radius 3 is 2.21 bits per heavy atom. The summed E-state index contributed by atoms with van der Waals surface area (Å²) in [6.07, 6.45) is 1.43. The largest absolute Gasteiger partial charge is 0.264 e. The van der Waals surface area contributed by atoms with Gasteiger partial charge in [0.15, 0.2) is 9.84 Å². The Labute approximate surface area is 142 Å².